The third-order valence-electron chi connectivity index (χ3n) is 4.56. The molecule has 0 unspecified atom stereocenters. The number of halogens is 1. The zero-order valence-corrected chi connectivity index (χ0v) is 16.6. The third-order valence-corrected chi connectivity index (χ3v) is 5.82. The van der Waals surface area contributed by atoms with Gasteiger partial charge in [0.1, 0.15) is 5.75 Å². The van der Waals surface area contributed by atoms with Crippen molar-refractivity contribution in [1.29, 1.82) is 0 Å². The summed E-state index contributed by atoms with van der Waals surface area (Å²) in [6, 6.07) is 11.2. The lowest BCUT2D eigenvalue weighted by Gasteiger charge is -2.17. The second kappa shape index (κ2) is 7.50. The third kappa shape index (κ3) is 3.75. The Labute approximate surface area is 161 Å². The van der Waals surface area contributed by atoms with E-state index in [-0.39, 0.29) is 24.2 Å². The predicted octanol–water partition coefficient (Wildman–Crippen LogP) is 4.07. The molecule has 1 N–H and O–H groups in total. The van der Waals surface area contributed by atoms with Gasteiger partial charge in [-0.3, -0.25) is 9.59 Å². The Kier molecular flexibility index (Phi) is 5.32. The summed E-state index contributed by atoms with van der Waals surface area (Å²) in [5.74, 6) is 0.119. The highest BCUT2D eigenvalue weighted by atomic mass is 79.9. The number of benzene rings is 2. The first-order chi connectivity index (χ1) is 12.4. The molecule has 0 bridgehead atoms. The van der Waals surface area contributed by atoms with E-state index in [1.807, 2.05) is 44.2 Å². The summed E-state index contributed by atoms with van der Waals surface area (Å²) in [6.45, 7) is 4.33. The van der Waals surface area contributed by atoms with Crippen LogP contribution in [0.3, 0.4) is 0 Å². The van der Waals surface area contributed by atoms with Crippen LogP contribution in [0.4, 0.5) is 11.4 Å². The fraction of sp³-hybridized carbons (Fsp3) is 0.300. The molecule has 3 rings (SSSR count). The van der Waals surface area contributed by atoms with Crippen molar-refractivity contribution in [2.24, 2.45) is 5.92 Å². The van der Waals surface area contributed by atoms with Crippen molar-refractivity contribution in [1.82, 2.24) is 0 Å². The molecule has 0 saturated carbocycles. The quantitative estimate of drug-likeness (QED) is 0.816. The fourth-order valence-corrected chi connectivity index (χ4v) is 3.40. The summed E-state index contributed by atoms with van der Waals surface area (Å²) in [5.41, 5.74) is 3.61. The van der Waals surface area contributed by atoms with Gasteiger partial charge in [0, 0.05) is 34.9 Å². The van der Waals surface area contributed by atoms with Crippen LogP contribution < -0.4 is 15.0 Å². The van der Waals surface area contributed by atoms with Crippen LogP contribution in [-0.2, 0) is 9.59 Å². The summed E-state index contributed by atoms with van der Waals surface area (Å²) in [7, 11) is 1.59. The Morgan fingerprint density at radius 2 is 1.92 bits per heavy atom. The minimum absolute atomic E-state index is 0.0541. The molecule has 1 atom stereocenters. The van der Waals surface area contributed by atoms with Gasteiger partial charge >= 0.3 is 0 Å². The van der Waals surface area contributed by atoms with Crippen LogP contribution in [0.25, 0.3) is 0 Å². The number of nitrogens with zero attached hydrogens (tertiary/aromatic N) is 1. The molecule has 0 spiro atoms. The summed E-state index contributed by atoms with van der Waals surface area (Å²) in [4.78, 5) is 26.7. The summed E-state index contributed by atoms with van der Waals surface area (Å²) in [5, 5.41) is 2.94. The van der Waals surface area contributed by atoms with E-state index in [9.17, 15) is 9.59 Å². The molecule has 26 heavy (non-hydrogen) atoms. The van der Waals surface area contributed by atoms with Gasteiger partial charge in [0.2, 0.25) is 11.8 Å². The highest BCUT2D eigenvalue weighted by molar-refractivity contribution is 9.10. The first-order valence-corrected chi connectivity index (χ1v) is 9.20. The second-order valence-electron chi connectivity index (χ2n) is 6.52. The number of carbonyl (C=O) groups excluding carboxylic acids is 2. The van der Waals surface area contributed by atoms with E-state index in [1.54, 1.807) is 18.1 Å². The largest absolute Gasteiger partial charge is 0.497 e. The number of hydrogen-bond donors (Lipinski definition) is 1. The summed E-state index contributed by atoms with van der Waals surface area (Å²) < 4.78 is 6.25. The maximum Gasteiger partial charge on any atom is 0.229 e. The highest BCUT2D eigenvalue weighted by Gasteiger charge is 2.35. The average molecular weight is 417 g/mol. The number of anilines is 2. The highest BCUT2D eigenvalue weighted by Crippen LogP contribution is 2.29. The van der Waals surface area contributed by atoms with Gasteiger partial charge in [-0.15, -0.1) is 0 Å². The maximum absolute atomic E-state index is 12.6. The van der Waals surface area contributed by atoms with E-state index in [1.165, 1.54) is 0 Å². The Balaban J connectivity index is 1.73. The van der Waals surface area contributed by atoms with Crippen LogP contribution in [0.5, 0.6) is 5.75 Å². The van der Waals surface area contributed by atoms with Crippen molar-refractivity contribution in [3.63, 3.8) is 0 Å². The van der Waals surface area contributed by atoms with Crippen molar-refractivity contribution in [2.45, 2.75) is 20.3 Å². The minimum Gasteiger partial charge on any atom is -0.497 e. The van der Waals surface area contributed by atoms with Gasteiger partial charge in [0.15, 0.2) is 0 Å². The fourth-order valence-electron chi connectivity index (χ4n) is 3.17. The van der Waals surface area contributed by atoms with Crippen LogP contribution >= 0.6 is 15.9 Å². The molecule has 0 radical (unpaired) electrons. The van der Waals surface area contributed by atoms with Crippen molar-refractivity contribution in [3.8, 4) is 5.75 Å². The first-order valence-electron chi connectivity index (χ1n) is 8.41. The molecule has 6 heteroatoms. The summed E-state index contributed by atoms with van der Waals surface area (Å²) >= 11 is 3.52. The van der Waals surface area contributed by atoms with Gasteiger partial charge in [-0.2, -0.15) is 0 Å². The lowest BCUT2D eigenvalue weighted by atomic mass is 10.1. The molecule has 5 nitrogen and oxygen atoms in total. The Hall–Kier alpha value is -2.34. The van der Waals surface area contributed by atoms with Crippen LogP contribution in [0.2, 0.25) is 0 Å². The molecule has 1 saturated heterocycles. The van der Waals surface area contributed by atoms with Crippen LogP contribution in [0.15, 0.2) is 40.9 Å². The summed E-state index contributed by atoms with van der Waals surface area (Å²) in [6.07, 6.45) is 0.206. The standard InChI is InChI=1S/C20H21BrN2O3/c1-12-7-15(8-13(2)19(12)21)22-20(25)14-9-18(24)23(11-14)16-5-4-6-17(10-16)26-3/h4-8,10,14H,9,11H2,1-3H3,(H,22,25)/t14-/m0/s1. The maximum atomic E-state index is 12.6. The van der Waals surface area contributed by atoms with Crippen molar-refractivity contribution in [2.75, 3.05) is 23.9 Å². The number of carbonyl (C=O) groups is 2. The zero-order chi connectivity index (χ0) is 18.8. The average Bonchev–Trinajstić information content (AvgIpc) is 3.01. The van der Waals surface area contributed by atoms with E-state index < -0.39 is 0 Å². The molecule has 1 heterocycles. The smallest absolute Gasteiger partial charge is 0.229 e. The van der Waals surface area contributed by atoms with Crippen LogP contribution in [0, 0.1) is 19.8 Å². The molecule has 1 fully saturated rings. The van der Waals surface area contributed by atoms with Gasteiger partial charge in [0.25, 0.3) is 0 Å². The molecule has 2 aromatic rings. The molecule has 1 aliphatic heterocycles. The Morgan fingerprint density at radius 1 is 1.23 bits per heavy atom. The second-order valence-corrected chi connectivity index (χ2v) is 7.31. The number of amides is 2. The van der Waals surface area contributed by atoms with Gasteiger partial charge < -0.3 is 15.0 Å². The monoisotopic (exact) mass is 416 g/mol. The normalized spacial score (nSPS) is 16.7. The number of ether oxygens (including phenoxy) is 1. The van der Waals surface area contributed by atoms with E-state index in [0.717, 1.165) is 27.0 Å². The molecule has 0 aromatic heterocycles. The molecule has 2 amide bonds. The van der Waals surface area contributed by atoms with E-state index in [0.29, 0.717) is 12.3 Å². The number of hydrogen-bond acceptors (Lipinski definition) is 3. The van der Waals surface area contributed by atoms with E-state index in [2.05, 4.69) is 21.2 Å². The molecular formula is C20H21BrN2O3. The van der Waals surface area contributed by atoms with Gasteiger partial charge in [0.05, 0.1) is 13.0 Å². The van der Waals surface area contributed by atoms with Crippen LogP contribution in [0.1, 0.15) is 17.5 Å². The van der Waals surface area contributed by atoms with E-state index in [4.69, 9.17) is 4.74 Å². The van der Waals surface area contributed by atoms with Gasteiger partial charge in [-0.25, -0.2) is 0 Å². The molecule has 136 valence electrons. The Bertz CT molecular complexity index is 843. The van der Waals surface area contributed by atoms with Crippen molar-refractivity contribution < 1.29 is 14.3 Å². The van der Waals surface area contributed by atoms with Crippen molar-refractivity contribution >= 4 is 39.1 Å². The zero-order valence-electron chi connectivity index (χ0n) is 15.0. The molecule has 0 aliphatic carbocycles. The number of methoxy groups -OCH3 is 1. The SMILES string of the molecule is COc1cccc(N2C[C@@H](C(=O)Nc3cc(C)c(Br)c(C)c3)CC2=O)c1. The van der Waals surface area contributed by atoms with Crippen molar-refractivity contribution in [3.05, 3.63) is 52.0 Å². The Morgan fingerprint density at radius 3 is 2.58 bits per heavy atom. The minimum atomic E-state index is -0.377. The number of nitrogens with one attached hydrogen (secondary N) is 1. The first kappa shape index (κ1) is 18.5. The van der Waals surface area contributed by atoms with E-state index >= 15 is 0 Å². The number of rotatable bonds is 4. The lowest BCUT2D eigenvalue weighted by molar-refractivity contribution is -0.122. The lowest BCUT2D eigenvalue weighted by Crippen LogP contribution is -2.28. The van der Waals surface area contributed by atoms with Gasteiger partial charge in [-0.05, 0) is 49.2 Å². The number of aryl methyl sites for hydroxylation is 2. The predicted molar refractivity (Wildman–Crippen MR) is 106 cm³/mol. The molecule has 1 aliphatic rings. The molecule has 2 aromatic carbocycles. The van der Waals surface area contributed by atoms with Gasteiger partial charge in [-0.1, -0.05) is 22.0 Å². The topological polar surface area (TPSA) is 58.6 Å². The molecular weight excluding hydrogens is 396 g/mol. The van der Waals surface area contributed by atoms with Crippen LogP contribution in [-0.4, -0.2) is 25.5 Å².